The molecule has 2 aromatic rings. The van der Waals surface area contributed by atoms with Crippen LogP contribution < -0.4 is 4.31 Å². The number of rotatable bonds is 5. The summed E-state index contributed by atoms with van der Waals surface area (Å²) in [5, 5.41) is 0. The highest BCUT2D eigenvalue weighted by molar-refractivity contribution is 7.92. The van der Waals surface area contributed by atoms with Crippen molar-refractivity contribution in [1.29, 1.82) is 0 Å². The van der Waals surface area contributed by atoms with Crippen molar-refractivity contribution in [3.8, 4) is 0 Å². The van der Waals surface area contributed by atoms with Crippen LogP contribution in [0.15, 0.2) is 71.7 Å². The zero-order valence-electron chi connectivity index (χ0n) is 14.6. The highest BCUT2D eigenvalue weighted by Gasteiger charge is 2.32. The fraction of sp³-hybridized carbons (Fsp3) is 0.238. The van der Waals surface area contributed by atoms with Crippen molar-refractivity contribution in [2.75, 3.05) is 4.31 Å². The molecule has 1 heterocycles. The van der Waals surface area contributed by atoms with E-state index in [0.717, 1.165) is 29.7 Å². The molecule has 2 aromatic carbocycles. The number of nitrogens with zero attached hydrogens (tertiary/aromatic N) is 1. The van der Waals surface area contributed by atoms with Gasteiger partial charge in [-0.1, -0.05) is 73.5 Å². The molecule has 1 unspecified atom stereocenters. The number of fused-ring (bicyclic) bond motifs is 1. The first kappa shape index (κ1) is 17.5. The number of unbranched alkanes of at least 4 members (excludes halogenated alkanes) is 1. The number of hydrogen-bond acceptors (Lipinski definition) is 2. The molecule has 0 fully saturated rings. The Bertz CT molecular complexity index is 896. The second kappa shape index (κ2) is 7.28. The largest absolute Gasteiger partial charge is 0.265 e. The number of para-hydroxylation sites is 1. The van der Waals surface area contributed by atoms with E-state index < -0.39 is 10.0 Å². The van der Waals surface area contributed by atoms with Gasteiger partial charge in [0.05, 0.1) is 16.6 Å². The van der Waals surface area contributed by atoms with Crippen LogP contribution in [-0.2, 0) is 10.0 Å². The molecule has 0 saturated carbocycles. The molecule has 1 atom stereocenters. The molecule has 0 bridgehead atoms. The molecule has 0 spiro atoms. The maximum absolute atomic E-state index is 13.4. The standard InChI is InChI=1S/C21H23NO2S/c1-3-4-5-9-19-14-13-18-8-6-7-10-21(18)22(19)25(23,24)20-15-11-17(2)12-16-20/h5-16,19H,3-4H2,1-2H3/b9-5+. The molecule has 0 aliphatic carbocycles. The molecule has 25 heavy (non-hydrogen) atoms. The average molecular weight is 353 g/mol. The third kappa shape index (κ3) is 3.54. The first-order valence-corrected chi connectivity index (χ1v) is 10.0. The van der Waals surface area contributed by atoms with Crippen LogP contribution in [0.5, 0.6) is 0 Å². The van der Waals surface area contributed by atoms with Gasteiger partial charge in [0, 0.05) is 0 Å². The fourth-order valence-corrected chi connectivity index (χ4v) is 4.52. The number of benzene rings is 2. The van der Waals surface area contributed by atoms with Crippen molar-refractivity contribution in [3.05, 3.63) is 77.9 Å². The Morgan fingerprint density at radius 3 is 2.52 bits per heavy atom. The Hall–Kier alpha value is -2.33. The van der Waals surface area contributed by atoms with Gasteiger partial charge in [0.1, 0.15) is 0 Å². The Morgan fingerprint density at radius 2 is 1.80 bits per heavy atom. The summed E-state index contributed by atoms with van der Waals surface area (Å²) in [6.45, 7) is 4.06. The minimum absolute atomic E-state index is 0.312. The van der Waals surface area contributed by atoms with Gasteiger partial charge in [0.15, 0.2) is 0 Å². The molecule has 1 aliphatic rings. The molecular formula is C21H23NO2S. The summed E-state index contributed by atoms with van der Waals surface area (Å²) < 4.78 is 28.3. The van der Waals surface area contributed by atoms with Crippen molar-refractivity contribution in [1.82, 2.24) is 0 Å². The molecule has 0 radical (unpaired) electrons. The van der Waals surface area contributed by atoms with Crippen molar-refractivity contribution in [3.63, 3.8) is 0 Å². The quantitative estimate of drug-likeness (QED) is 0.714. The minimum atomic E-state index is -3.65. The van der Waals surface area contributed by atoms with E-state index in [-0.39, 0.29) is 6.04 Å². The maximum atomic E-state index is 13.4. The topological polar surface area (TPSA) is 37.4 Å². The smallest absolute Gasteiger partial charge is 0.255 e. The lowest BCUT2D eigenvalue weighted by Crippen LogP contribution is -2.40. The zero-order chi connectivity index (χ0) is 17.9. The Morgan fingerprint density at radius 1 is 1.08 bits per heavy atom. The lowest BCUT2D eigenvalue weighted by atomic mass is 10.1. The van der Waals surface area contributed by atoms with E-state index >= 15 is 0 Å². The molecule has 0 N–H and O–H groups in total. The Kier molecular flexibility index (Phi) is 5.09. The highest BCUT2D eigenvalue weighted by atomic mass is 32.2. The van der Waals surface area contributed by atoms with Gasteiger partial charge >= 0.3 is 0 Å². The van der Waals surface area contributed by atoms with Gasteiger partial charge in [-0.2, -0.15) is 0 Å². The molecule has 3 rings (SSSR count). The van der Waals surface area contributed by atoms with E-state index in [1.165, 1.54) is 4.31 Å². The van der Waals surface area contributed by atoms with Crippen LogP contribution in [-0.4, -0.2) is 14.5 Å². The van der Waals surface area contributed by atoms with Crippen LogP contribution in [0.2, 0.25) is 0 Å². The lowest BCUT2D eigenvalue weighted by molar-refractivity contribution is 0.589. The van der Waals surface area contributed by atoms with Crippen LogP contribution in [0.25, 0.3) is 6.08 Å². The SMILES string of the molecule is CCC/C=C/C1C=Cc2ccccc2N1S(=O)(=O)c1ccc(C)cc1. The third-order valence-electron chi connectivity index (χ3n) is 4.28. The highest BCUT2D eigenvalue weighted by Crippen LogP contribution is 2.34. The van der Waals surface area contributed by atoms with E-state index in [1.807, 2.05) is 61.5 Å². The van der Waals surface area contributed by atoms with Crippen LogP contribution in [0, 0.1) is 6.92 Å². The van der Waals surface area contributed by atoms with Gasteiger partial charge in [-0.15, -0.1) is 0 Å². The van der Waals surface area contributed by atoms with Crippen LogP contribution in [0.1, 0.15) is 30.9 Å². The first-order chi connectivity index (χ1) is 12.0. The minimum Gasteiger partial charge on any atom is -0.255 e. The Labute approximate surface area is 150 Å². The molecule has 130 valence electrons. The molecule has 4 heteroatoms. The molecule has 0 aromatic heterocycles. The molecule has 3 nitrogen and oxygen atoms in total. The molecule has 0 amide bonds. The maximum Gasteiger partial charge on any atom is 0.265 e. The van der Waals surface area contributed by atoms with Gasteiger partial charge < -0.3 is 0 Å². The third-order valence-corrected chi connectivity index (χ3v) is 6.11. The predicted molar refractivity (Wildman–Crippen MR) is 104 cm³/mol. The fourth-order valence-electron chi connectivity index (χ4n) is 2.93. The Balaban J connectivity index is 2.10. The molecule has 0 saturated heterocycles. The number of sulfonamides is 1. The van der Waals surface area contributed by atoms with Gasteiger partial charge in [-0.05, 0) is 37.1 Å². The second-order valence-electron chi connectivity index (χ2n) is 6.24. The summed E-state index contributed by atoms with van der Waals surface area (Å²) in [6.07, 6.45) is 9.94. The first-order valence-electron chi connectivity index (χ1n) is 8.59. The summed E-state index contributed by atoms with van der Waals surface area (Å²) in [7, 11) is -3.65. The van der Waals surface area contributed by atoms with Crippen molar-refractivity contribution in [2.45, 2.75) is 37.6 Å². The number of anilines is 1. The van der Waals surface area contributed by atoms with Gasteiger partial charge in [-0.3, -0.25) is 4.31 Å². The van der Waals surface area contributed by atoms with Crippen molar-refractivity contribution < 1.29 is 8.42 Å². The molecular weight excluding hydrogens is 330 g/mol. The monoisotopic (exact) mass is 353 g/mol. The number of hydrogen-bond donors (Lipinski definition) is 0. The van der Waals surface area contributed by atoms with Crippen LogP contribution in [0.4, 0.5) is 5.69 Å². The molecule has 1 aliphatic heterocycles. The van der Waals surface area contributed by atoms with E-state index in [0.29, 0.717) is 4.90 Å². The normalized spacial score (nSPS) is 17.0. The van der Waals surface area contributed by atoms with Crippen molar-refractivity contribution >= 4 is 21.8 Å². The van der Waals surface area contributed by atoms with E-state index in [4.69, 9.17) is 0 Å². The summed E-state index contributed by atoms with van der Waals surface area (Å²) in [5.41, 5.74) is 2.67. The van der Waals surface area contributed by atoms with Crippen LogP contribution >= 0.6 is 0 Å². The lowest BCUT2D eigenvalue weighted by Gasteiger charge is -2.33. The second-order valence-corrected chi connectivity index (χ2v) is 8.05. The zero-order valence-corrected chi connectivity index (χ0v) is 15.4. The summed E-state index contributed by atoms with van der Waals surface area (Å²) in [4.78, 5) is 0.317. The van der Waals surface area contributed by atoms with Crippen LogP contribution in [0.3, 0.4) is 0 Å². The van der Waals surface area contributed by atoms with E-state index in [9.17, 15) is 8.42 Å². The number of allylic oxidation sites excluding steroid dienone is 1. The average Bonchev–Trinajstić information content (AvgIpc) is 2.62. The van der Waals surface area contributed by atoms with E-state index in [1.54, 1.807) is 12.1 Å². The van der Waals surface area contributed by atoms with Gasteiger partial charge in [0.2, 0.25) is 0 Å². The van der Waals surface area contributed by atoms with Crippen molar-refractivity contribution in [2.24, 2.45) is 0 Å². The van der Waals surface area contributed by atoms with E-state index in [2.05, 4.69) is 13.0 Å². The van der Waals surface area contributed by atoms with Gasteiger partial charge in [-0.25, -0.2) is 8.42 Å². The summed E-state index contributed by atoms with van der Waals surface area (Å²) in [6, 6.07) is 14.3. The van der Waals surface area contributed by atoms with Gasteiger partial charge in [0.25, 0.3) is 10.0 Å². The summed E-state index contributed by atoms with van der Waals surface area (Å²) >= 11 is 0. The predicted octanol–water partition coefficient (Wildman–Crippen LogP) is 4.94. The number of aryl methyl sites for hydroxylation is 1. The summed E-state index contributed by atoms with van der Waals surface area (Å²) in [5.74, 6) is 0.